The predicted molar refractivity (Wildman–Crippen MR) is 64.3 cm³/mol. The summed E-state index contributed by atoms with van der Waals surface area (Å²) in [5, 5.41) is 11.8. The first-order chi connectivity index (χ1) is 9.17. The van der Waals surface area contributed by atoms with Crippen molar-refractivity contribution in [2.45, 2.75) is 13.2 Å². The monoisotopic (exact) mass is 267 g/mol. The average molecular weight is 267 g/mol. The number of aliphatic hydroxyl groups is 1. The largest absolute Gasteiger partial charge is 0.435 e. The maximum absolute atomic E-state index is 12.1. The first-order valence-corrected chi connectivity index (χ1v) is 5.42. The van der Waals surface area contributed by atoms with E-state index >= 15 is 0 Å². The molecule has 0 aliphatic carbocycles. The van der Waals surface area contributed by atoms with Crippen LogP contribution in [0.25, 0.3) is 0 Å². The van der Waals surface area contributed by atoms with Crippen molar-refractivity contribution in [3.05, 3.63) is 42.2 Å². The van der Waals surface area contributed by atoms with E-state index in [1.54, 1.807) is 18.2 Å². The molecule has 0 aliphatic heterocycles. The van der Waals surface area contributed by atoms with Gasteiger partial charge in [0.2, 0.25) is 5.95 Å². The summed E-state index contributed by atoms with van der Waals surface area (Å²) < 4.78 is 28.4. The third-order valence-corrected chi connectivity index (χ3v) is 2.19. The second-order valence-corrected chi connectivity index (χ2v) is 3.56. The Morgan fingerprint density at radius 3 is 2.89 bits per heavy atom. The number of nitrogens with zero attached hydrogens (tertiary/aromatic N) is 2. The lowest BCUT2D eigenvalue weighted by atomic mass is 10.3. The highest BCUT2D eigenvalue weighted by Gasteiger charge is 2.05. The fourth-order valence-electron chi connectivity index (χ4n) is 1.42. The van der Waals surface area contributed by atoms with Gasteiger partial charge in [0.15, 0.2) is 0 Å². The Kier molecular flexibility index (Phi) is 4.19. The minimum absolute atomic E-state index is 0.0401. The van der Waals surface area contributed by atoms with Crippen molar-refractivity contribution in [3.63, 3.8) is 0 Å². The summed E-state index contributed by atoms with van der Waals surface area (Å²) in [6, 6.07) is 7.62. The molecule has 0 amide bonds. The van der Waals surface area contributed by atoms with Crippen molar-refractivity contribution in [2.75, 3.05) is 5.32 Å². The standard InChI is InChI=1S/C12H11F2N3O2/c13-11(14)19-10-3-1-2-8(6-10)16-12-15-5-4-9(7-18)17-12/h1-6,11,18H,7H2,(H,15,16,17). The summed E-state index contributed by atoms with van der Waals surface area (Å²) in [5.74, 6) is 0.305. The molecular weight excluding hydrogens is 256 g/mol. The van der Waals surface area contributed by atoms with Crippen molar-refractivity contribution in [1.29, 1.82) is 0 Å². The number of halogens is 2. The zero-order chi connectivity index (χ0) is 13.7. The third kappa shape index (κ3) is 3.85. The molecule has 0 fully saturated rings. The van der Waals surface area contributed by atoms with Gasteiger partial charge >= 0.3 is 6.61 Å². The van der Waals surface area contributed by atoms with E-state index in [-0.39, 0.29) is 18.3 Å². The SMILES string of the molecule is OCc1ccnc(Nc2cccc(OC(F)F)c2)n1. The number of rotatable bonds is 5. The summed E-state index contributed by atoms with van der Waals surface area (Å²) in [5.41, 5.74) is 0.964. The van der Waals surface area contributed by atoms with E-state index in [1.165, 1.54) is 18.3 Å². The van der Waals surface area contributed by atoms with E-state index in [9.17, 15) is 8.78 Å². The van der Waals surface area contributed by atoms with E-state index < -0.39 is 6.61 Å². The fourth-order valence-corrected chi connectivity index (χ4v) is 1.42. The van der Waals surface area contributed by atoms with Crippen LogP contribution in [0.5, 0.6) is 5.75 Å². The Balaban J connectivity index is 2.13. The Labute approximate surface area is 107 Å². The van der Waals surface area contributed by atoms with Gasteiger partial charge in [0.1, 0.15) is 5.75 Å². The predicted octanol–water partition coefficient (Wildman–Crippen LogP) is 2.31. The molecule has 0 unspecified atom stereocenters. The molecule has 2 N–H and O–H groups in total. The van der Waals surface area contributed by atoms with Crippen molar-refractivity contribution in [3.8, 4) is 5.75 Å². The van der Waals surface area contributed by atoms with Gasteiger partial charge in [-0.3, -0.25) is 0 Å². The highest BCUT2D eigenvalue weighted by Crippen LogP contribution is 2.21. The van der Waals surface area contributed by atoms with Crippen LogP contribution >= 0.6 is 0 Å². The highest BCUT2D eigenvalue weighted by molar-refractivity contribution is 5.55. The summed E-state index contributed by atoms with van der Waals surface area (Å²) in [6.45, 7) is -3.07. The number of ether oxygens (including phenoxy) is 1. The number of aromatic nitrogens is 2. The number of benzene rings is 1. The molecule has 0 aliphatic rings. The van der Waals surface area contributed by atoms with Crippen LogP contribution in [-0.4, -0.2) is 21.7 Å². The zero-order valence-electron chi connectivity index (χ0n) is 9.75. The quantitative estimate of drug-likeness (QED) is 0.870. The molecule has 1 aromatic carbocycles. The molecule has 0 saturated heterocycles. The van der Waals surface area contributed by atoms with Gasteiger partial charge in [0.05, 0.1) is 12.3 Å². The Morgan fingerprint density at radius 1 is 1.32 bits per heavy atom. The number of hydrogen-bond acceptors (Lipinski definition) is 5. The van der Waals surface area contributed by atoms with Crippen LogP contribution < -0.4 is 10.1 Å². The number of nitrogens with one attached hydrogen (secondary N) is 1. The molecule has 19 heavy (non-hydrogen) atoms. The maximum Gasteiger partial charge on any atom is 0.387 e. The summed E-state index contributed by atoms with van der Waals surface area (Å²) in [6.07, 6.45) is 1.49. The molecule has 2 rings (SSSR count). The van der Waals surface area contributed by atoms with Crippen LogP contribution in [0.4, 0.5) is 20.4 Å². The first-order valence-electron chi connectivity index (χ1n) is 5.42. The normalized spacial score (nSPS) is 10.5. The number of anilines is 2. The van der Waals surface area contributed by atoms with Crippen LogP contribution in [0.1, 0.15) is 5.69 Å². The van der Waals surface area contributed by atoms with Gasteiger partial charge in [-0.1, -0.05) is 6.07 Å². The van der Waals surface area contributed by atoms with Crippen LogP contribution in [0.15, 0.2) is 36.5 Å². The van der Waals surface area contributed by atoms with Crippen molar-refractivity contribution in [1.82, 2.24) is 9.97 Å². The van der Waals surface area contributed by atoms with Gasteiger partial charge in [-0.2, -0.15) is 8.78 Å². The van der Waals surface area contributed by atoms with Gasteiger partial charge in [-0.15, -0.1) is 0 Å². The van der Waals surface area contributed by atoms with E-state index in [0.717, 1.165) is 0 Å². The van der Waals surface area contributed by atoms with E-state index in [2.05, 4.69) is 20.0 Å². The summed E-state index contributed by atoms with van der Waals surface area (Å²) in [7, 11) is 0. The Bertz CT molecular complexity index is 552. The lowest BCUT2D eigenvalue weighted by Crippen LogP contribution is -2.03. The smallest absolute Gasteiger partial charge is 0.387 e. The van der Waals surface area contributed by atoms with E-state index in [4.69, 9.17) is 5.11 Å². The molecule has 0 saturated carbocycles. The van der Waals surface area contributed by atoms with Gasteiger partial charge in [-0.05, 0) is 18.2 Å². The molecule has 1 aromatic heterocycles. The third-order valence-electron chi connectivity index (χ3n) is 2.19. The molecule has 0 atom stereocenters. The molecule has 100 valence electrons. The van der Waals surface area contributed by atoms with Crippen molar-refractivity contribution in [2.24, 2.45) is 0 Å². The zero-order valence-corrected chi connectivity index (χ0v) is 9.75. The van der Waals surface area contributed by atoms with Crippen LogP contribution in [0.2, 0.25) is 0 Å². The summed E-state index contributed by atoms with van der Waals surface area (Å²) >= 11 is 0. The van der Waals surface area contributed by atoms with Crippen LogP contribution in [0, 0.1) is 0 Å². The van der Waals surface area contributed by atoms with Gasteiger partial charge < -0.3 is 15.2 Å². The molecule has 0 spiro atoms. The van der Waals surface area contributed by atoms with Crippen LogP contribution in [0.3, 0.4) is 0 Å². The molecule has 5 nitrogen and oxygen atoms in total. The molecule has 1 heterocycles. The topological polar surface area (TPSA) is 67.3 Å². The van der Waals surface area contributed by atoms with Crippen molar-refractivity contribution < 1.29 is 18.6 Å². The number of alkyl halides is 2. The van der Waals surface area contributed by atoms with Crippen molar-refractivity contribution >= 4 is 11.6 Å². The van der Waals surface area contributed by atoms with E-state index in [1.807, 2.05) is 0 Å². The lowest BCUT2D eigenvalue weighted by Gasteiger charge is -2.08. The second-order valence-electron chi connectivity index (χ2n) is 3.56. The van der Waals surface area contributed by atoms with E-state index in [0.29, 0.717) is 11.4 Å². The lowest BCUT2D eigenvalue weighted by molar-refractivity contribution is -0.0497. The number of hydrogen-bond donors (Lipinski definition) is 2. The second kappa shape index (κ2) is 6.05. The van der Waals surface area contributed by atoms with Crippen LogP contribution in [-0.2, 0) is 6.61 Å². The Morgan fingerprint density at radius 2 is 2.16 bits per heavy atom. The molecule has 7 heteroatoms. The molecular formula is C12H11F2N3O2. The van der Waals surface area contributed by atoms with Gasteiger partial charge in [0.25, 0.3) is 0 Å². The Hall–Kier alpha value is -2.28. The minimum atomic E-state index is -2.87. The first kappa shape index (κ1) is 13.2. The van der Waals surface area contributed by atoms with Gasteiger partial charge in [-0.25, -0.2) is 9.97 Å². The average Bonchev–Trinajstić information content (AvgIpc) is 2.38. The van der Waals surface area contributed by atoms with Gasteiger partial charge in [0, 0.05) is 18.0 Å². The summed E-state index contributed by atoms with van der Waals surface area (Å²) in [4.78, 5) is 7.97. The molecule has 2 aromatic rings. The highest BCUT2D eigenvalue weighted by atomic mass is 19.3. The number of aliphatic hydroxyl groups excluding tert-OH is 1. The molecule has 0 bridgehead atoms. The fraction of sp³-hybridized carbons (Fsp3) is 0.167. The maximum atomic E-state index is 12.1. The minimum Gasteiger partial charge on any atom is -0.435 e. The molecule has 0 radical (unpaired) electrons.